The summed E-state index contributed by atoms with van der Waals surface area (Å²) in [6.07, 6.45) is 3.41. The van der Waals surface area contributed by atoms with Crippen LogP contribution < -0.4 is 12.4 Å². The molecule has 1 rings (SSSR count). The summed E-state index contributed by atoms with van der Waals surface area (Å²) >= 11 is 0. The minimum atomic E-state index is 0. The highest BCUT2D eigenvalue weighted by Gasteiger charge is 2.18. The van der Waals surface area contributed by atoms with Gasteiger partial charge < -0.3 is 21.6 Å². The maximum absolute atomic E-state index is 6.08. The van der Waals surface area contributed by atoms with Crippen molar-refractivity contribution in [3.8, 4) is 0 Å². The van der Waals surface area contributed by atoms with Crippen molar-refractivity contribution in [2.75, 3.05) is 33.9 Å². The summed E-state index contributed by atoms with van der Waals surface area (Å²) in [6.45, 7) is 14.3. The molecule has 0 aliphatic heterocycles. The van der Waals surface area contributed by atoms with Gasteiger partial charge in [-0.3, -0.25) is 0 Å². The van der Waals surface area contributed by atoms with E-state index in [1.54, 1.807) is 0 Å². The summed E-state index contributed by atoms with van der Waals surface area (Å²) in [7, 11) is 4.54. The topological polar surface area (TPSA) is 9.23 Å². The number of ether oxygens (including phenoxy) is 1. The number of likely N-dealkylation sites (N-methyl/N-ethyl adjacent to an activating group) is 1. The van der Waals surface area contributed by atoms with Gasteiger partial charge in [0.05, 0.1) is 27.3 Å². The first kappa shape index (κ1) is 24.9. The summed E-state index contributed by atoms with van der Waals surface area (Å²) < 4.78 is 7.03. The summed E-state index contributed by atoms with van der Waals surface area (Å²) in [4.78, 5) is 0. The summed E-state index contributed by atoms with van der Waals surface area (Å²) in [6, 6.07) is 10.7. The number of benzene rings is 1. The van der Waals surface area contributed by atoms with Crippen LogP contribution in [0.1, 0.15) is 45.6 Å². The van der Waals surface area contributed by atoms with Gasteiger partial charge in [0.1, 0.15) is 13.1 Å². The molecule has 0 aliphatic carbocycles. The highest BCUT2D eigenvalue weighted by atomic mass is 35.5. The molecule has 0 radical (unpaired) electrons. The average Bonchev–Trinajstić information content (AvgIpc) is 2.56. The van der Waals surface area contributed by atoms with Crippen LogP contribution in [0.15, 0.2) is 48.2 Å². The highest BCUT2D eigenvalue weighted by Crippen LogP contribution is 2.23. The van der Waals surface area contributed by atoms with E-state index < -0.39 is 0 Å². The lowest BCUT2D eigenvalue weighted by molar-refractivity contribution is -0.904. The molecule has 0 saturated carbocycles. The Morgan fingerprint density at radius 1 is 1.19 bits per heavy atom. The van der Waals surface area contributed by atoms with Crippen molar-refractivity contribution in [3.05, 3.63) is 53.8 Å². The predicted octanol–water partition coefficient (Wildman–Crippen LogP) is 2.46. The Balaban J connectivity index is 0.00000625. The largest absolute Gasteiger partial charge is 1.00 e. The minimum absolute atomic E-state index is 0. The fourth-order valence-electron chi connectivity index (χ4n) is 3.22. The second-order valence-corrected chi connectivity index (χ2v) is 8.16. The summed E-state index contributed by atoms with van der Waals surface area (Å²) in [5.41, 5.74) is 5.91. The maximum Gasteiger partial charge on any atom is 0.104 e. The van der Waals surface area contributed by atoms with Gasteiger partial charge in [-0.25, -0.2) is 0 Å². The van der Waals surface area contributed by atoms with Crippen molar-refractivity contribution in [2.24, 2.45) is 11.8 Å². The van der Waals surface area contributed by atoms with Crippen LogP contribution in [0.4, 0.5) is 0 Å². The molecule has 0 aromatic heterocycles. The van der Waals surface area contributed by atoms with Crippen LogP contribution in [0, 0.1) is 11.8 Å². The van der Waals surface area contributed by atoms with Crippen molar-refractivity contribution in [3.63, 3.8) is 0 Å². The lowest BCUT2D eigenvalue weighted by Crippen LogP contribution is -3.00. The molecule has 0 N–H and O–H groups in total. The van der Waals surface area contributed by atoms with E-state index in [4.69, 9.17) is 4.74 Å². The van der Waals surface area contributed by atoms with Crippen molar-refractivity contribution < 1.29 is 21.6 Å². The number of hydrogen-bond acceptors (Lipinski definition) is 1. The zero-order chi connectivity index (χ0) is 18.7. The Morgan fingerprint density at radius 2 is 1.85 bits per heavy atom. The van der Waals surface area contributed by atoms with Crippen molar-refractivity contribution in [1.82, 2.24) is 0 Å². The second kappa shape index (κ2) is 13.2. The molecule has 3 heteroatoms. The molecule has 1 aromatic carbocycles. The van der Waals surface area contributed by atoms with Crippen LogP contribution >= 0.6 is 0 Å². The first-order chi connectivity index (χ1) is 11.9. The standard InChI is InChI=1S/C23H38NO.ClH/c1-7-12-23(22(8-2)17-20(3)4)19-25-16-15-24(5,6)18-21-13-10-9-11-14-21;/h9-11,13-14,20,23H,2,7,12,15-19H2,1,3-6H3;1H/q+1;/p-1. The SMILES string of the molecule is C=C=C(CC(C)C)C(CCC)COCC[N+](C)(C)Cc1ccccc1.[Cl-]. The number of quaternary nitrogens is 1. The lowest BCUT2D eigenvalue weighted by atomic mass is 9.89. The minimum Gasteiger partial charge on any atom is -1.00 e. The monoisotopic (exact) mass is 379 g/mol. The smallest absolute Gasteiger partial charge is 0.104 e. The van der Waals surface area contributed by atoms with Crippen LogP contribution in [-0.4, -0.2) is 38.3 Å². The molecule has 0 bridgehead atoms. The van der Waals surface area contributed by atoms with E-state index in [1.807, 2.05) is 0 Å². The number of halogens is 1. The fourth-order valence-corrected chi connectivity index (χ4v) is 3.22. The molecule has 0 spiro atoms. The maximum atomic E-state index is 6.08. The van der Waals surface area contributed by atoms with Gasteiger partial charge in [-0.2, -0.15) is 0 Å². The van der Waals surface area contributed by atoms with Crippen molar-refractivity contribution >= 4 is 0 Å². The van der Waals surface area contributed by atoms with Crippen LogP contribution in [0.2, 0.25) is 0 Å². The molecule has 26 heavy (non-hydrogen) atoms. The third-order valence-electron chi connectivity index (χ3n) is 4.60. The Labute approximate surface area is 167 Å². The van der Waals surface area contributed by atoms with Gasteiger partial charge >= 0.3 is 0 Å². The lowest BCUT2D eigenvalue weighted by Gasteiger charge is -2.30. The zero-order valence-corrected chi connectivity index (χ0v) is 18.2. The molecule has 1 unspecified atom stereocenters. The van der Waals surface area contributed by atoms with Crippen molar-refractivity contribution in [1.29, 1.82) is 0 Å². The number of nitrogens with zero attached hydrogens (tertiary/aromatic N) is 1. The summed E-state index contributed by atoms with van der Waals surface area (Å²) in [5.74, 6) is 1.11. The first-order valence-corrected chi connectivity index (χ1v) is 9.70. The molecule has 0 aliphatic rings. The Morgan fingerprint density at radius 3 is 2.38 bits per heavy atom. The molecule has 0 saturated heterocycles. The normalized spacial score (nSPS) is 12.4. The Kier molecular flexibility index (Phi) is 12.6. The van der Waals surface area contributed by atoms with Crippen LogP contribution in [0.25, 0.3) is 0 Å². The van der Waals surface area contributed by atoms with Gasteiger partial charge in [-0.05, 0) is 24.3 Å². The van der Waals surface area contributed by atoms with Gasteiger partial charge in [0.2, 0.25) is 0 Å². The predicted molar refractivity (Wildman–Crippen MR) is 108 cm³/mol. The van der Waals surface area contributed by atoms with E-state index >= 15 is 0 Å². The van der Waals surface area contributed by atoms with Gasteiger partial charge in [-0.1, -0.05) is 64.1 Å². The van der Waals surface area contributed by atoms with Crippen molar-refractivity contribution in [2.45, 2.75) is 46.6 Å². The van der Waals surface area contributed by atoms with E-state index in [-0.39, 0.29) is 12.4 Å². The van der Waals surface area contributed by atoms with E-state index in [0.717, 1.165) is 43.6 Å². The quantitative estimate of drug-likeness (QED) is 0.308. The molecule has 0 fully saturated rings. The molecule has 0 heterocycles. The van der Waals surface area contributed by atoms with Gasteiger partial charge in [0, 0.05) is 11.5 Å². The Hall–Kier alpha value is -1.05. The molecule has 2 nitrogen and oxygen atoms in total. The van der Waals surface area contributed by atoms with Gasteiger partial charge in [0.15, 0.2) is 0 Å². The second-order valence-electron chi connectivity index (χ2n) is 8.16. The molecular weight excluding hydrogens is 342 g/mol. The highest BCUT2D eigenvalue weighted by molar-refractivity contribution is 5.13. The molecular formula is C23H38ClNO. The fraction of sp³-hybridized carbons (Fsp3) is 0.609. The summed E-state index contributed by atoms with van der Waals surface area (Å²) in [5, 5.41) is 0. The third-order valence-corrected chi connectivity index (χ3v) is 4.60. The number of hydrogen-bond donors (Lipinski definition) is 0. The molecule has 0 amide bonds. The van der Waals surface area contributed by atoms with Gasteiger partial charge in [0.25, 0.3) is 0 Å². The van der Waals surface area contributed by atoms with Crippen LogP contribution in [0.3, 0.4) is 0 Å². The van der Waals surface area contributed by atoms with Crippen LogP contribution in [-0.2, 0) is 11.3 Å². The first-order valence-electron chi connectivity index (χ1n) is 9.70. The number of rotatable bonds is 12. The van der Waals surface area contributed by atoms with E-state index in [1.165, 1.54) is 17.6 Å². The van der Waals surface area contributed by atoms with E-state index in [0.29, 0.717) is 11.8 Å². The van der Waals surface area contributed by atoms with Gasteiger partial charge in [-0.15, -0.1) is 5.73 Å². The Bertz CT molecular complexity index is 532. The third kappa shape index (κ3) is 10.2. The van der Waals surface area contributed by atoms with Crippen LogP contribution in [0.5, 0.6) is 0 Å². The molecule has 1 aromatic rings. The van der Waals surface area contributed by atoms with E-state index in [2.05, 4.69) is 77.5 Å². The zero-order valence-electron chi connectivity index (χ0n) is 17.4. The molecule has 1 atom stereocenters. The van der Waals surface area contributed by atoms with E-state index in [9.17, 15) is 0 Å². The average molecular weight is 380 g/mol. The molecule has 148 valence electrons.